The van der Waals surface area contributed by atoms with Gasteiger partial charge in [0.15, 0.2) is 0 Å². The van der Waals surface area contributed by atoms with Crippen LogP contribution in [0.25, 0.3) is 0 Å². The van der Waals surface area contributed by atoms with Crippen molar-refractivity contribution in [1.82, 2.24) is 0 Å². The zero-order valence-corrected chi connectivity index (χ0v) is 9.80. The number of rotatable bonds is 2. The third kappa shape index (κ3) is 3.41. The van der Waals surface area contributed by atoms with Gasteiger partial charge in [-0.2, -0.15) is 0 Å². The number of hydrogen-bond acceptors (Lipinski definition) is 2. The molecule has 1 fully saturated rings. The minimum Gasteiger partial charge on any atom is -0.375 e. The SMILES string of the molecule is CC1CCCC(CC(=O)C(C)(C)C)O1. The zero-order valence-electron chi connectivity index (χ0n) is 9.80. The number of ketones is 1. The van der Waals surface area contributed by atoms with Gasteiger partial charge in [0, 0.05) is 11.8 Å². The molecule has 0 spiro atoms. The predicted molar refractivity (Wildman–Crippen MR) is 57.3 cm³/mol. The first-order chi connectivity index (χ1) is 6.39. The van der Waals surface area contributed by atoms with Crippen LogP contribution in [0.3, 0.4) is 0 Å². The van der Waals surface area contributed by atoms with Crippen molar-refractivity contribution in [3.8, 4) is 0 Å². The topological polar surface area (TPSA) is 26.3 Å². The summed E-state index contributed by atoms with van der Waals surface area (Å²) < 4.78 is 5.73. The van der Waals surface area contributed by atoms with E-state index >= 15 is 0 Å². The van der Waals surface area contributed by atoms with Crippen LogP contribution < -0.4 is 0 Å². The fraction of sp³-hybridized carbons (Fsp3) is 0.917. The Labute approximate surface area is 87.0 Å². The molecule has 0 bridgehead atoms. The number of ether oxygens (including phenoxy) is 1. The molecule has 0 aromatic heterocycles. The standard InChI is InChI=1S/C12H22O2/c1-9-6-5-7-10(14-9)8-11(13)12(2,3)4/h9-10H,5-8H2,1-4H3. The van der Waals surface area contributed by atoms with Crippen molar-refractivity contribution in [2.45, 2.75) is 65.6 Å². The van der Waals surface area contributed by atoms with Gasteiger partial charge in [-0.25, -0.2) is 0 Å². The molecule has 0 saturated carbocycles. The highest BCUT2D eigenvalue weighted by Gasteiger charge is 2.27. The van der Waals surface area contributed by atoms with E-state index in [0.717, 1.165) is 12.8 Å². The molecule has 0 radical (unpaired) electrons. The summed E-state index contributed by atoms with van der Waals surface area (Å²) in [4.78, 5) is 11.8. The molecule has 1 aliphatic heterocycles. The molecule has 0 aromatic carbocycles. The molecular weight excluding hydrogens is 176 g/mol. The van der Waals surface area contributed by atoms with E-state index in [1.165, 1.54) is 6.42 Å². The Kier molecular flexibility index (Phi) is 3.71. The Balaban J connectivity index is 2.40. The van der Waals surface area contributed by atoms with Crippen LogP contribution in [-0.2, 0) is 9.53 Å². The lowest BCUT2D eigenvalue weighted by Crippen LogP contribution is -2.31. The predicted octanol–water partition coefficient (Wildman–Crippen LogP) is 2.95. The summed E-state index contributed by atoms with van der Waals surface area (Å²) in [5, 5.41) is 0. The van der Waals surface area contributed by atoms with Gasteiger partial charge in [0.05, 0.1) is 12.2 Å². The first-order valence-electron chi connectivity index (χ1n) is 5.58. The van der Waals surface area contributed by atoms with Gasteiger partial charge in [0.1, 0.15) is 5.78 Å². The molecule has 1 heterocycles. The van der Waals surface area contributed by atoms with Crippen LogP contribution in [0.2, 0.25) is 0 Å². The minimum absolute atomic E-state index is 0.172. The smallest absolute Gasteiger partial charge is 0.140 e. The largest absolute Gasteiger partial charge is 0.375 e. The van der Waals surface area contributed by atoms with Crippen LogP contribution in [0, 0.1) is 5.41 Å². The Bertz CT molecular complexity index is 203. The monoisotopic (exact) mass is 198 g/mol. The van der Waals surface area contributed by atoms with Crippen molar-refractivity contribution in [2.75, 3.05) is 0 Å². The summed E-state index contributed by atoms with van der Waals surface area (Å²) in [6, 6.07) is 0. The number of carbonyl (C=O) groups excluding carboxylic acids is 1. The van der Waals surface area contributed by atoms with Crippen molar-refractivity contribution in [3.05, 3.63) is 0 Å². The fourth-order valence-electron chi connectivity index (χ4n) is 1.76. The Morgan fingerprint density at radius 3 is 2.50 bits per heavy atom. The second-order valence-corrected chi connectivity index (χ2v) is 5.38. The van der Waals surface area contributed by atoms with Gasteiger partial charge in [-0.3, -0.25) is 4.79 Å². The maximum atomic E-state index is 11.8. The van der Waals surface area contributed by atoms with E-state index in [1.807, 2.05) is 20.8 Å². The maximum absolute atomic E-state index is 11.8. The number of Topliss-reactive ketones (excluding diaryl/α,β-unsaturated/α-hetero) is 1. The first kappa shape index (κ1) is 11.7. The summed E-state index contributed by atoms with van der Waals surface area (Å²) in [6.45, 7) is 8.01. The lowest BCUT2D eigenvalue weighted by atomic mass is 9.86. The lowest BCUT2D eigenvalue weighted by Gasteiger charge is -2.29. The molecule has 1 aliphatic rings. The minimum atomic E-state index is -0.218. The van der Waals surface area contributed by atoms with Gasteiger partial charge in [-0.05, 0) is 26.2 Å². The van der Waals surface area contributed by atoms with Crippen molar-refractivity contribution < 1.29 is 9.53 Å². The van der Waals surface area contributed by atoms with Gasteiger partial charge in [-0.1, -0.05) is 20.8 Å². The summed E-state index contributed by atoms with van der Waals surface area (Å²) in [6.07, 6.45) is 4.48. The molecule has 1 saturated heterocycles. The van der Waals surface area contributed by atoms with Gasteiger partial charge in [0.2, 0.25) is 0 Å². The molecule has 0 N–H and O–H groups in total. The molecule has 2 unspecified atom stereocenters. The quantitative estimate of drug-likeness (QED) is 0.682. The van der Waals surface area contributed by atoms with E-state index in [1.54, 1.807) is 0 Å². The number of hydrogen-bond donors (Lipinski definition) is 0. The van der Waals surface area contributed by atoms with Crippen molar-refractivity contribution in [3.63, 3.8) is 0 Å². The molecular formula is C12H22O2. The van der Waals surface area contributed by atoms with Crippen LogP contribution in [0.1, 0.15) is 53.4 Å². The van der Waals surface area contributed by atoms with Crippen LogP contribution in [0.5, 0.6) is 0 Å². The van der Waals surface area contributed by atoms with E-state index in [4.69, 9.17) is 4.74 Å². The second kappa shape index (κ2) is 4.43. The summed E-state index contributed by atoms with van der Waals surface area (Å²) in [5.41, 5.74) is -0.218. The second-order valence-electron chi connectivity index (χ2n) is 5.38. The molecule has 0 aromatic rings. The normalized spacial score (nSPS) is 28.9. The first-order valence-corrected chi connectivity index (χ1v) is 5.58. The van der Waals surface area contributed by atoms with E-state index in [-0.39, 0.29) is 11.5 Å². The van der Waals surface area contributed by atoms with E-state index in [0.29, 0.717) is 18.3 Å². The number of carbonyl (C=O) groups is 1. The summed E-state index contributed by atoms with van der Waals surface area (Å²) in [7, 11) is 0. The van der Waals surface area contributed by atoms with Crippen molar-refractivity contribution >= 4 is 5.78 Å². The third-order valence-electron chi connectivity index (χ3n) is 2.81. The Morgan fingerprint density at radius 2 is 2.00 bits per heavy atom. The maximum Gasteiger partial charge on any atom is 0.140 e. The Morgan fingerprint density at radius 1 is 1.36 bits per heavy atom. The molecule has 82 valence electrons. The van der Waals surface area contributed by atoms with E-state index in [9.17, 15) is 4.79 Å². The fourth-order valence-corrected chi connectivity index (χ4v) is 1.76. The average Bonchev–Trinajstić information content (AvgIpc) is 2.02. The molecule has 2 nitrogen and oxygen atoms in total. The van der Waals surface area contributed by atoms with Crippen LogP contribution in [0.4, 0.5) is 0 Å². The van der Waals surface area contributed by atoms with E-state index < -0.39 is 0 Å². The van der Waals surface area contributed by atoms with Crippen molar-refractivity contribution in [1.29, 1.82) is 0 Å². The van der Waals surface area contributed by atoms with E-state index in [2.05, 4.69) is 6.92 Å². The van der Waals surface area contributed by atoms with Crippen LogP contribution in [0.15, 0.2) is 0 Å². The highest BCUT2D eigenvalue weighted by Crippen LogP contribution is 2.25. The van der Waals surface area contributed by atoms with Gasteiger partial charge in [-0.15, -0.1) is 0 Å². The van der Waals surface area contributed by atoms with Gasteiger partial charge in [0.25, 0.3) is 0 Å². The van der Waals surface area contributed by atoms with Crippen LogP contribution >= 0.6 is 0 Å². The summed E-state index contributed by atoms with van der Waals surface area (Å²) in [5.74, 6) is 0.316. The highest BCUT2D eigenvalue weighted by atomic mass is 16.5. The van der Waals surface area contributed by atoms with Gasteiger partial charge >= 0.3 is 0 Å². The van der Waals surface area contributed by atoms with Crippen molar-refractivity contribution in [2.24, 2.45) is 5.41 Å². The van der Waals surface area contributed by atoms with Crippen LogP contribution in [-0.4, -0.2) is 18.0 Å². The third-order valence-corrected chi connectivity index (χ3v) is 2.81. The highest BCUT2D eigenvalue weighted by molar-refractivity contribution is 5.84. The zero-order chi connectivity index (χ0) is 10.8. The molecule has 14 heavy (non-hydrogen) atoms. The molecule has 0 aliphatic carbocycles. The average molecular weight is 198 g/mol. The lowest BCUT2D eigenvalue weighted by molar-refractivity contribution is -0.132. The Hall–Kier alpha value is -0.370. The molecule has 1 rings (SSSR count). The van der Waals surface area contributed by atoms with Gasteiger partial charge < -0.3 is 4.74 Å². The molecule has 2 atom stereocenters. The molecule has 0 amide bonds. The molecule has 2 heteroatoms. The summed E-state index contributed by atoms with van der Waals surface area (Å²) >= 11 is 0.